The molecule has 2 saturated heterocycles. The summed E-state index contributed by atoms with van der Waals surface area (Å²) in [5.41, 5.74) is 0.390. The van der Waals surface area contributed by atoms with Gasteiger partial charge in [0.25, 0.3) is 0 Å². The topological polar surface area (TPSA) is 21.8 Å². The van der Waals surface area contributed by atoms with Crippen LogP contribution in [0.2, 0.25) is 0 Å². The summed E-state index contributed by atoms with van der Waals surface area (Å²) >= 11 is 0. The Kier molecular flexibility index (Phi) is 5.63. The van der Waals surface area contributed by atoms with Gasteiger partial charge in [-0.2, -0.15) is 0 Å². The maximum atomic E-state index is 3.58. The molecule has 0 saturated carbocycles. The van der Waals surface area contributed by atoms with Gasteiger partial charge < -0.3 is 20.0 Å². The van der Waals surface area contributed by atoms with E-state index in [1.54, 1.807) is 0 Å². The van der Waals surface area contributed by atoms with Gasteiger partial charge in [0.15, 0.2) is 0 Å². The van der Waals surface area contributed by atoms with Gasteiger partial charge in [0.1, 0.15) is 0 Å². The fourth-order valence-electron chi connectivity index (χ4n) is 3.46. The average molecular weight is 268 g/mol. The van der Waals surface area contributed by atoms with Gasteiger partial charge in [-0.15, -0.1) is 0 Å². The van der Waals surface area contributed by atoms with Gasteiger partial charge in [-0.1, -0.05) is 13.8 Å². The second-order valence-electron chi connectivity index (χ2n) is 7.12. The number of fused-ring (bicyclic) bond motifs is 3. The minimum Gasteiger partial charge on any atom is -0.315 e. The van der Waals surface area contributed by atoms with Crippen LogP contribution in [0.3, 0.4) is 0 Å². The van der Waals surface area contributed by atoms with E-state index in [-0.39, 0.29) is 0 Å². The van der Waals surface area contributed by atoms with Crippen LogP contribution in [0.5, 0.6) is 0 Å². The van der Waals surface area contributed by atoms with Crippen molar-refractivity contribution in [3.63, 3.8) is 0 Å². The van der Waals surface area contributed by atoms with Crippen molar-refractivity contribution in [1.82, 2.24) is 20.0 Å². The van der Waals surface area contributed by atoms with Crippen LogP contribution in [0.25, 0.3) is 0 Å². The fourth-order valence-corrected chi connectivity index (χ4v) is 3.46. The molecule has 4 heteroatoms. The highest BCUT2D eigenvalue weighted by Gasteiger charge is 2.25. The van der Waals surface area contributed by atoms with Crippen molar-refractivity contribution in [1.29, 1.82) is 0 Å². The van der Waals surface area contributed by atoms with Crippen molar-refractivity contribution in [3.8, 4) is 0 Å². The number of nitrogens with one attached hydrogen (secondary N) is 1. The third-order valence-corrected chi connectivity index (χ3v) is 4.31. The zero-order valence-corrected chi connectivity index (χ0v) is 13.1. The lowest BCUT2D eigenvalue weighted by Gasteiger charge is -2.39. The molecule has 0 radical (unpaired) electrons. The summed E-state index contributed by atoms with van der Waals surface area (Å²) in [7, 11) is 2.28. The van der Waals surface area contributed by atoms with Gasteiger partial charge in [0.05, 0.1) is 0 Å². The molecule has 1 N–H and O–H groups in total. The summed E-state index contributed by atoms with van der Waals surface area (Å²) in [6.07, 6.45) is 1.29. The van der Waals surface area contributed by atoms with Crippen LogP contribution in [-0.4, -0.2) is 87.2 Å². The van der Waals surface area contributed by atoms with Gasteiger partial charge in [-0.05, 0) is 32.0 Å². The molecule has 0 aromatic carbocycles. The molecule has 2 aliphatic heterocycles. The molecule has 112 valence electrons. The van der Waals surface area contributed by atoms with Crippen LogP contribution in [0.1, 0.15) is 20.3 Å². The summed E-state index contributed by atoms with van der Waals surface area (Å²) < 4.78 is 0. The minimum absolute atomic E-state index is 0.390. The second-order valence-corrected chi connectivity index (χ2v) is 7.12. The lowest BCUT2D eigenvalue weighted by molar-refractivity contribution is 0.0922. The van der Waals surface area contributed by atoms with Crippen molar-refractivity contribution in [2.75, 3.05) is 72.5 Å². The molecule has 0 aromatic heterocycles. The molecule has 0 amide bonds. The summed E-state index contributed by atoms with van der Waals surface area (Å²) in [5.74, 6) is 0. The molecule has 4 nitrogen and oxygen atoms in total. The van der Waals surface area contributed by atoms with Crippen LogP contribution < -0.4 is 5.32 Å². The molecule has 2 rings (SSSR count). The van der Waals surface area contributed by atoms with E-state index in [0.717, 1.165) is 6.54 Å². The van der Waals surface area contributed by atoms with E-state index in [1.165, 1.54) is 65.3 Å². The van der Waals surface area contributed by atoms with E-state index in [4.69, 9.17) is 0 Å². The van der Waals surface area contributed by atoms with E-state index in [9.17, 15) is 0 Å². The van der Waals surface area contributed by atoms with E-state index in [0.29, 0.717) is 5.41 Å². The Morgan fingerprint density at radius 2 is 1.53 bits per heavy atom. The monoisotopic (exact) mass is 268 g/mol. The standard InChI is InChI=1S/C15H32N4/c1-15(2)13-17(3)9-10-18-7-4-5-16-6-8-19(14-15)12-11-18/h16H,4-14H2,1-3H3. The Morgan fingerprint density at radius 1 is 0.789 bits per heavy atom. The van der Waals surface area contributed by atoms with Crippen molar-refractivity contribution in [2.24, 2.45) is 5.41 Å². The maximum Gasteiger partial charge on any atom is 0.0110 e. The zero-order chi connectivity index (χ0) is 13.7. The van der Waals surface area contributed by atoms with Crippen molar-refractivity contribution in [2.45, 2.75) is 20.3 Å². The first-order chi connectivity index (χ1) is 9.05. The van der Waals surface area contributed by atoms with Crippen LogP contribution in [0.4, 0.5) is 0 Å². The van der Waals surface area contributed by atoms with Gasteiger partial charge in [-0.3, -0.25) is 0 Å². The molecular formula is C15H32N4. The fraction of sp³-hybridized carbons (Fsp3) is 1.00. The molecule has 2 aliphatic rings. The first-order valence-electron chi connectivity index (χ1n) is 7.89. The summed E-state index contributed by atoms with van der Waals surface area (Å²) in [6.45, 7) is 16.9. The zero-order valence-electron chi connectivity index (χ0n) is 13.1. The van der Waals surface area contributed by atoms with Crippen molar-refractivity contribution in [3.05, 3.63) is 0 Å². The van der Waals surface area contributed by atoms with Crippen LogP contribution in [0, 0.1) is 5.41 Å². The lowest BCUT2D eigenvalue weighted by Crippen LogP contribution is -2.50. The van der Waals surface area contributed by atoms with Gasteiger partial charge >= 0.3 is 0 Å². The third-order valence-electron chi connectivity index (χ3n) is 4.31. The Balaban J connectivity index is 2.04. The minimum atomic E-state index is 0.390. The third kappa shape index (κ3) is 5.38. The quantitative estimate of drug-likeness (QED) is 0.693. The van der Waals surface area contributed by atoms with Gasteiger partial charge in [-0.25, -0.2) is 0 Å². The normalized spacial score (nSPS) is 34.9. The second kappa shape index (κ2) is 7.02. The van der Waals surface area contributed by atoms with Crippen LogP contribution in [0.15, 0.2) is 0 Å². The Hall–Kier alpha value is -0.160. The van der Waals surface area contributed by atoms with E-state index < -0.39 is 0 Å². The SMILES string of the molecule is CN1CCN2CCCNCCN(CC2)CC(C)(C)C1. The number of hydrogen-bond acceptors (Lipinski definition) is 4. The lowest BCUT2D eigenvalue weighted by atomic mass is 9.91. The predicted octanol–water partition coefficient (Wildman–Crippen LogP) is 0.555. The molecule has 2 unspecified atom stereocenters. The molecule has 2 atom stereocenters. The van der Waals surface area contributed by atoms with Gasteiger partial charge in [0.2, 0.25) is 0 Å². The molecule has 2 heterocycles. The Morgan fingerprint density at radius 3 is 2.37 bits per heavy atom. The number of hydrogen-bond donors (Lipinski definition) is 1. The predicted molar refractivity (Wildman–Crippen MR) is 81.6 cm³/mol. The molecule has 0 aliphatic carbocycles. The first-order valence-corrected chi connectivity index (χ1v) is 7.89. The first kappa shape index (κ1) is 15.2. The Bertz CT molecular complexity index is 267. The molecule has 19 heavy (non-hydrogen) atoms. The van der Waals surface area contributed by atoms with Crippen LogP contribution in [-0.2, 0) is 0 Å². The number of likely N-dealkylation sites (N-methyl/N-ethyl adjacent to an activating group) is 1. The van der Waals surface area contributed by atoms with Crippen LogP contribution >= 0.6 is 0 Å². The molecule has 2 bridgehead atoms. The number of nitrogens with zero attached hydrogens (tertiary/aromatic N) is 3. The molecule has 0 aromatic rings. The summed E-state index contributed by atoms with van der Waals surface area (Å²) in [5, 5.41) is 3.58. The van der Waals surface area contributed by atoms with E-state index >= 15 is 0 Å². The summed E-state index contributed by atoms with van der Waals surface area (Å²) in [6, 6.07) is 0. The van der Waals surface area contributed by atoms with Gasteiger partial charge in [0, 0.05) is 52.4 Å². The highest BCUT2D eigenvalue weighted by Crippen LogP contribution is 2.19. The molecular weight excluding hydrogens is 236 g/mol. The smallest absolute Gasteiger partial charge is 0.0110 e. The highest BCUT2D eigenvalue weighted by molar-refractivity contribution is 4.80. The van der Waals surface area contributed by atoms with E-state index in [2.05, 4.69) is 40.9 Å². The van der Waals surface area contributed by atoms with Crippen molar-refractivity contribution < 1.29 is 0 Å². The van der Waals surface area contributed by atoms with Crippen molar-refractivity contribution >= 4 is 0 Å². The van der Waals surface area contributed by atoms with E-state index in [1.807, 2.05) is 0 Å². The number of rotatable bonds is 0. The molecule has 0 spiro atoms. The summed E-state index contributed by atoms with van der Waals surface area (Å²) in [4.78, 5) is 7.82. The molecule has 2 fully saturated rings. The average Bonchev–Trinajstić information content (AvgIpc) is 2.34. The Labute approximate surface area is 119 Å². The largest absolute Gasteiger partial charge is 0.315 e. The highest BCUT2D eigenvalue weighted by atomic mass is 15.2. The maximum absolute atomic E-state index is 3.58.